The van der Waals surface area contributed by atoms with Gasteiger partial charge in [0, 0.05) is 18.0 Å². The molecule has 28 heavy (non-hydrogen) atoms. The van der Waals surface area contributed by atoms with Crippen molar-refractivity contribution in [3.05, 3.63) is 54.1 Å². The summed E-state index contributed by atoms with van der Waals surface area (Å²) in [6.07, 6.45) is 0. The molecule has 4 nitrogen and oxygen atoms in total. The maximum atomic E-state index is 13.1. The molecule has 0 spiro atoms. The molecule has 1 aromatic heterocycles. The highest BCUT2D eigenvalue weighted by molar-refractivity contribution is 8.00. The summed E-state index contributed by atoms with van der Waals surface area (Å²) in [6, 6.07) is 16.3. The Morgan fingerprint density at radius 1 is 1.07 bits per heavy atom. The van der Waals surface area contributed by atoms with Gasteiger partial charge in [0.25, 0.3) is 0 Å². The third-order valence-corrected chi connectivity index (χ3v) is 6.74. The molecule has 3 aromatic rings. The Bertz CT molecular complexity index is 907. The molecule has 6 heteroatoms. The van der Waals surface area contributed by atoms with E-state index in [0.717, 1.165) is 39.9 Å². The molecule has 0 N–H and O–H groups in total. The first kappa shape index (κ1) is 20.8. The molecular weight excluding hydrogens is 386 g/mol. The van der Waals surface area contributed by atoms with Crippen molar-refractivity contribution in [3.63, 3.8) is 0 Å². The van der Waals surface area contributed by atoms with Gasteiger partial charge in [0.05, 0.1) is 16.0 Å². The van der Waals surface area contributed by atoms with Gasteiger partial charge in [-0.2, -0.15) is 0 Å². The number of aryl methyl sites for hydroxylation is 1. The van der Waals surface area contributed by atoms with E-state index in [1.54, 1.807) is 23.1 Å². The number of hydrogen-bond acceptors (Lipinski definition) is 5. The summed E-state index contributed by atoms with van der Waals surface area (Å²) in [4.78, 5) is 23.2. The fourth-order valence-corrected chi connectivity index (χ4v) is 4.89. The summed E-state index contributed by atoms with van der Waals surface area (Å²) in [6.45, 7) is 9.87. The average Bonchev–Trinajstić information content (AvgIpc) is 3.13. The van der Waals surface area contributed by atoms with E-state index in [2.05, 4.69) is 37.8 Å². The van der Waals surface area contributed by atoms with E-state index >= 15 is 0 Å². The lowest BCUT2D eigenvalue weighted by atomic mass is 10.2. The van der Waals surface area contributed by atoms with Crippen molar-refractivity contribution in [2.45, 2.75) is 25.7 Å². The van der Waals surface area contributed by atoms with Gasteiger partial charge in [0.2, 0.25) is 5.91 Å². The Morgan fingerprint density at radius 2 is 1.82 bits per heavy atom. The molecule has 1 heterocycles. The Hall–Kier alpha value is -1.89. The summed E-state index contributed by atoms with van der Waals surface area (Å²) in [5.74, 6) is 0.522. The van der Waals surface area contributed by atoms with Gasteiger partial charge in [-0.3, -0.25) is 9.69 Å². The molecule has 0 aliphatic rings. The molecule has 148 valence electrons. The topological polar surface area (TPSA) is 36.4 Å². The summed E-state index contributed by atoms with van der Waals surface area (Å²) >= 11 is 3.18. The van der Waals surface area contributed by atoms with E-state index < -0.39 is 0 Å². The molecule has 0 radical (unpaired) electrons. The van der Waals surface area contributed by atoms with Crippen LogP contribution in [-0.2, 0) is 4.79 Å². The molecule has 0 saturated carbocycles. The Morgan fingerprint density at radius 3 is 2.54 bits per heavy atom. The zero-order chi connectivity index (χ0) is 19.9. The van der Waals surface area contributed by atoms with Gasteiger partial charge >= 0.3 is 0 Å². The van der Waals surface area contributed by atoms with Crippen LogP contribution in [0.2, 0.25) is 0 Å². The van der Waals surface area contributed by atoms with Crippen molar-refractivity contribution >= 4 is 44.4 Å². The predicted octanol–water partition coefficient (Wildman–Crippen LogP) is 5.07. The second-order valence-corrected chi connectivity index (χ2v) is 8.70. The Kier molecular flexibility index (Phi) is 7.48. The number of carbonyl (C=O) groups excluding carboxylic acids is 1. The van der Waals surface area contributed by atoms with Gasteiger partial charge in [-0.25, -0.2) is 4.98 Å². The first-order chi connectivity index (χ1) is 13.6. The van der Waals surface area contributed by atoms with Crippen molar-refractivity contribution in [3.8, 4) is 0 Å². The highest BCUT2D eigenvalue weighted by atomic mass is 32.2. The SMILES string of the molecule is CCN(CC)CCN(C(=O)CSc1ccccc1)c1nc2ccc(C)cc2s1. The van der Waals surface area contributed by atoms with E-state index in [0.29, 0.717) is 12.3 Å². The number of aromatic nitrogens is 1. The number of hydrogen-bond donors (Lipinski definition) is 0. The zero-order valence-corrected chi connectivity index (χ0v) is 18.4. The molecule has 0 saturated heterocycles. The number of anilines is 1. The number of amides is 1. The molecule has 0 bridgehead atoms. The smallest absolute Gasteiger partial charge is 0.239 e. The fraction of sp³-hybridized carbons (Fsp3) is 0.364. The molecule has 0 aliphatic heterocycles. The van der Waals surface area contributed by atoms with Crippen molar-refractivity contribution in [2.24, 2.45) is 0 Å². The largest absolute Gasteiger partial charge is 0.302 e. The van der Waals surface area contributed by atoms with E-state index in [-0.39, 0.29) is 5.91 Å². The fourth-order valence-electron chi connectivity index (χ4n) is 2.98. The van der Waals surface area contributed by atoms with Gasteiger partial charge in [0.1, 0.15) is 0 Å². The monoisotopic (exact) mass is 413 g/mol. The highest BCUT2D eigenvalue weighted by Gasteiger charge is 2.20. The van der Waals surface area contributed by atoms with Gasteiger partial charge < -0.3 is 4.90 Å². The molecule has 0 fully saturated rings. The van der Waals surface area contributed by atoms with Crippen LogP contribution in [0, 0.1) is 6.92 Å². The normalized spacial score (nSPS) is 11.3. The molecule has 2 aromatic carbocycles. The minimum Gasteiger partial charge on any atom is -0.302 e. The Labute approximate surface area is 175 Å². The van der Waals surface area contributed by atoms with Gasteiger partial charge in [-0.05, 0) is 49.8 Å². The van der Waals surface area contributed by atoms with Crippen LogP contribution in [0.25, 0.3) is 10.2 Å². The van der Waals surface area contributed by atoms with Crippen LogP contribution in [-0.4, -0.2) is 47.7 Å². The number of rotatable bonds is 9. The number of likely N-dealkylation sites (N-methyl/N-ethyl adjacent to an activating group) is 1. The lowest BCUT2D eigenvalue weighted by molar-refractivity contribution is -0.116. The van der Waals surface area contributed by atoms with E-state index in [9.17, 15) is 4.79 Å². The molecule has 0 unspecified atom stereocenters. The Balaban J connectivity index is 1.79. The van der Waals surface area contributed by atoms with Gasteiger partial charge in [0.15, 0.2) is 5.13 Å². The molecule has 3 rings (SSSR count). The van der Waals surface area contributed by atoms with Crippen molar-refractivity contribution in [1.29, 1.82) is 0 Å². The first-order valence-electron chi connectivity index (χ1n) is 9.68. The molecular formula is C22H27N3OS2. The highest BCUT2D eigenvalue weighted by Crippen LogP contribution is 2.30. The van der Waals surface area contributed by atoms with Crippen LogP contribution in [0.5, 0.6) is 0 Å². The second kappa shape index (κ2) is 10.0. The minimum absolute atomic E-state index is 0.108. The average molecular weight is 414 g/mol. The van der Waals surface area contributed by atoms with Crippen LogP contribution < -0.4 is 4.90 Å². The van der Waals surface area contributed by atoms with Gasteiger partial charge in [-0.15, -0.1) is 11.8 Å². The molecule has 1 amide bonds. The lowest BCUT2D eigenvalue weighted by Gasteiger charge is -2.24. The van der Waals surface area contributed by atoms with Crippen molar-refractivity contribution in [1.82, 2.24) is 9.88 Å². The van der Waals surface area contributed by atoms with Crippen LogP contribution >= 0.6 is 23.1 Å². The van der Waals surface area contributed by atoms with Crippen molar-refractivity contribution in [2.75, 3.05) is 36.8 Å². The minimum atomic E-state index is 0.108. The standard InChI is InChI=1S/C22H27N3OS2/c1-4-24(5-2)13-14-25(21(26)16-27-18-9-7-6-8-10-18)22-23-19-12-11-17(3)15-20(19)28-22/h6-12,15H,4-5,13-14,16H2,1-3H3. The van der Waals surface area contributed by atoms with E-state index in [4.69, 9.17) is 4.98 Å². The summed E-state index contributed by atoms with van der Waals surface area (Å²) in [7, 11) is 0. The van der Waals surface area contributed by atoms with Crippen LogP contribution in [0.15, 0.2) is 53.4 Å². The number of benzene rings is 2. The predicted molar refractivity (Wildman–Crippen MR) is 122 cm³/mol. The van der Waals surface area contributed by atoms with Crippen LogP contribution in [0.4, 0.5) is 5.13 Å². The van der Waals surface area contributed by atoms with Crippen LogP contribution in [0.1, 0.15) is 19.4 Å². The molecule has 0 aliphatic carbocycles. The summed E-state index contributed by atoms with van der Waals surface area (Å²) in [5.41, 5.74) is 2.17. The maximum absolute atomic E-state index is 13.1. The quantitative estimate of drug-likeness (QED) is 0.459. The zero-order valence-electron chi connectivity index (χ0n) is 16.7. The van der Waals surface area contributed by atoms with Crippen molar-refractivity contribution < 1.29 is 4.79 Å². The van der Waals surface area contributed by atoms with Crippen LogP contribution in [0.3, 0.4) is 0 Å². The molecule has 0 atom stereocenters. The third kappa shape index (κ3) is 5.34. The number of nitrogens with zero attached hydrogens (tertiary/aromatic N) is 3. The summed E-state index contributed by atoms with van der Waals surface area (Å²) in [5, 5.41) is 0.798. The number of thiazole rings is 1. The lowest BCUT2D eigenvalue weighted by Crippen LogP contribution is -2.39. The van der Waals surface area contributed by atoms with E-state index in [1.165, 1.54) is 5.56 Å². The number of thioether (sulfide) groups is 1. The number of carbonyl (C=O) groups is 1. The maximum Gasteiger partial charge on any atom is 0.239 e. The van der Waals surface area contributed by atoms with Gasteiger partial charge in [-0.1, -0.05) is 49.4 Å². The number of fused-ring (bicyclic) bond motifs is 1. The van der Waals surface area contributed by atoms with E-state index in [1.807, 2.05) is 41.3 Å². The summed E-state index contributed by atoms with van der Waals surface area (Å²) < 4.78 is 1.13. The second-order valence-electron chi connectivity index (χ2n) is 6.64. The third-order valence-electron chi connectivity index (χ3n) is 4.70. The first-order valence-corrected chi connectivity index (χ1v) is 11.5.